The molecule has 0 saturated heterocycles. The van der Waals surface area contributed by atoms with Crippen LogP contribution in [-0.4, -0.2) is 18.7 Å². The van der Waals surface area contributed by atoms with Gasteiger partial charge in [-0.1, -0.05) is 48.2 Å². The van der Waals surface area contributed by atoms with E-state index in [-0.39, 0.29) is 0 Å². The minimum atomic E-state index is 0.385. The third-order valence-electron chi connectivity index (χ3n) is 5.09. The summed E-state index contributed by atoms with van der Waals surface area (Å²) in [5.74, 6) is 1.00. The summed E-state index contributed by atoms with van der Waals surface area (Å²) < 4.78 is 7.42. The van der Waals surface area contributed by atoms with Crippen molar-refractivity contribution in [1.82, 2.24) is 5.32 Å². The van der Waals surface area contributed by atoms with Gasteiger partial charge >= 0.3 is 0 Å². The normalized spacial score (nSPS) is 28.1. The average Bonchev–Trinajstić information content (AvgIpc) is 2.47. The van der Waals surface area contributed by atoms with E-state index in [0.717, 1.165) is 23.2 Å². The summed E-state index contributed by atoms with van der Waals surface area (Å²) in [6.45, 7) is 3.27. The predicted octanol–water partition coefficient (Wildman–Crippen LogP) is 4.53. The highest BCUT2D eigenvalue weighted by Gasteiger charge is 2.56. The Hall–Kier alpha value is -0.540. The van der Waals surface area contributed by atoms with Gasteiger partial charge in [0.1, 0.15) is 11.9 Å². The topological polar surface area (TPSA) is 21.3 Å². The first kappa shape index (κ1) is 14.4. The van der Waals surface area contributed by atoms with Crippen LogP contribution in [0.15, 0.2) is 28.7 Å². The van der Waals surface area contributed by atoms with Crippen molar-refractivity contribution < 1.29 is 4.74 Å². The van der Waals surface area contributed by atoms with Crippen LogP contribution in [0.5, 0.6) is 5.75 Å². The molecule has 1 aromatic rings. The maximum atomic E-state index is 6.33. The largest absolute Gasteiger partial charge is 0.490 e. The van der Waals surface area contributed by atoms with Gasteiger partial charge in [0, 0.05) is 22.4 Å². The van der Waals surface area contributed by atoms with Crippen molar-refractivity contribution in [1.29, 1.82) is 0 Å². The van der Waals surface area contributed by atoms with Gasteiger partial charge < -0.3 is 10.1 Å². The van der Waals surface area contributed by atoms with Crippen LogP contribution in [0.3, 0.4) is 0 Å². The van der Waals surface area contributed by atoms with Crippen LogP contribution in [0, 0.1) is 5.41 Å². The highest BCUT2D eigenvalue weighted by Crippen LogP contribution is 2.53. The first-order valence-corrected chi connectivity index (χ1v) is 8.69. The van der Waals surface area contributed by atoms with Gasteiger partial charge in [-0.15, -0.1) is 0 Å². The van der Waals surface area contributed by atoms with Crippen molar-refractivity contribution in [2.75, 3.05) is 6.54 Å². The molecule has 2 aliphatic carbocycles. The molecule has 0 amide bonds. The van der Waals surface area contributed by atoms with Crippen LogP contribution >= 0.6 is 15.9 Å². The van der Waals surface area contributed by atoms with Crippen LogP contribution < -0.4 is 10.1 Å². The molecule has 2 atom stereocenters. The van der Waals surface area contributed by atoms with Gasteiger partial charge in [-0.05, 0) is 37.6 Å². The average molecular weight is 338 g/mol. The van der Waals surface area contributed by atoms with E-state index in [0.29, 0.717) is 17.6 Å². The van der Waals surface area contributed by atoms with Crippen molar-refractivity contribution in [3.05, 3.63) is 28.7 Å². The second-order valence-corrected chi connectivity index (χ2v) is 7.12. The van der Waals surface area contributed by atoms with Crippen molar-refractivity contribution in [3.63, 3.8) is 0 Å². The fraction of sp³-hybridized carbons (Fsp3) is 0.647. The Kier molecular flexibility index (Phi) is 4.37. The third-order valence-corrected chi connectivity index (χ3v) is 5.59. The van der Waals surface area contributed by atoms with Crippen LogP contribution in [0.4, 0.5) is 0 Å². The predicted molar refractivity (Wildman–Crippen MR) is 86.2 cm³/mol. The molecule has 2 fully saturated rings. The van der Waals surface area contributed by atoms with Crippen molar-refractivity contribution in [3.8, 4) is 5.75 Å². The van der Waals surface area contributed by atoms with Crippen molar-refractivity contribution in [2.45, 2.75) is 57.6 Å². The lowest BCUT2D eigenvalue weighted by Gasteiger charge is -2.57. The molecule has 0 radical (unpaired) electrons. The standard InChI is InChI=1S/C17H24BrNO/c1-2-19-15-12-16(17(15)9-4-3-5-10-17)20-14-8-6-7-13(18)11-14/h6-8,11,15-16,19H,2-5,9-10,12H2,1H3. The molecule has 0 bridgehead atoms. The lowest BCUT2D eigenvalue weighted by molar-refractivity contribution is -0.102. The molecule has 3 rings (SSSR count). The number of halogens is 1. The van der Waals surface area contributed by atoms with E-state index < -0.39 is 0 Å². The summed E-state index contributed by atoms with van der Waals surface area (Å²) in [6.07, 6.45) is 8.30. The van der Waals surface area contributed by atoms with E-state index >= 15 is 0 Å². The Morgan fingerprint density at radius 1 is 1.30 bits per heavy atom. The zero-order chi connectivity index (χ0) is 14.0. The molecule has 3 heteroatoms. The van der Waals surface area contributed by atoms with Gasteiger partial charge in [0.05, 0.1) is 0 Å². The fourth-order valence-corrected chi connectivity index (χ4v) is 4.41. The molecular formula is C17H24BrNO. The van der Waals surface area contributed by atoms with Crippen LogP contribution in [-0.2, 0) is 0 Å². The molecule has 0 heterocycles. The molecule has 1 aromatic carbocycles. The van der Waals surface area contributed by atoms with E-state index in [9.17, 15) is 0 Å². The van der Waals surface area contributed by atoms with E-state index in [1.807, 2.05) is 12.1 Å². The lowest BCUT2D eigenvalue weighted by atomic mass is 9.55. The summed E-state index contributed by atoms with van der Waals surface area (Å²) in [5, 5.41) is 3.68. The molecule has 20 heavy (non-hydrogen) atoms. The molecule has 0 aliphatic heterocycles. The SMILES string of the molecule is CCNC1CC(Oc2cccc(Br)c2)C12CCCCC2. The smallest absolute Gasteiger partial charge is 0.120 e. The minimum Gasteiger partial charge on any atom is -0.490 e. The molecule has 2 nitrogen and oxygen atoms in total. The van der Waals surface area contributed by atoms with Crippen LogP contribution in [0.2, 0.25) is 0 Å². The number of nitrogens with one attached hydrogen (secondary N) is 1. The number of ether oxygens (including phenoxy) is 1. The van der Waals surface area contributed by atoms with E-state index in [4.69, 9.17) is 4.74 Å². The summed E-state index contributed by atoms with van der Waals surface area (Å²) in [6, 6.07) is 8.91. The van der Waals surface area contributed by atoms with E-state index in [1.54, 1.807) is 0 Å². The number of hydrogen-bond donors (Lipinski definition) is 1. The third kappa shape index (κ3) is 2.62. The highest BCUT2D eigenvalue weighted by atomic mass is 79.9. The minimum absolute atomic E-state index is 0.385. The fourth-order valence-electron chi connectivity index (χ4n) is 4.03. The second kappa shape index (κ2) is 6.07. The number of rotatable bonds is 4. The Balaban J connectivity index is 1.73. The molecule has 1 spiro atoms. The Morgan fingerprint density at radius 2 is 2.10 bits per heavy atom. The van der Waals surface area contributed by atoms with Gasteiger partial charge in [0.15, 0.2) is 0 Å². The Labute approximate surface area is 130 Å². The molecular weight excluding hydrogens is 314 g/mol. The zero-order valence-electron chi connectivity index (χ0n) is 12.2. The molecule has 2 aliphatic rings. The van der Waals surface area contributed by atoms with E-state index in [1.165, 1.54) is 32.1 Å². The second-order valence-electron chi connectivity index (χ2n) is 6.20. The summed E-state index contributed by atoms with van der Waals surface area (Å²) in [5.41, 5.74) is 0.385. The van der Waals surface area contributed by atoms with Gasteiger partial charge in [0.25, 0.3) is 0 Å². The Bertz CT molecular complexity index is 456. The van der Waals surface area contributed by atoms with E-state index in [2.05, 4.69) is 40.3 Å². The molecule has 110 valence electrons. The maximum absolute atomic E-state index is 6.33. The van der Waals surface area contributed by atoms with Crippen molar-refractivity contribution >= 4 is 15.9 Å². The van der Waals surface area contributed by atoms with Gasteiger partial charge in [-0.3, -0.25) is 0 Å². The first-order chi connectivity index (χ1) is 9.74. The van der Waals surface area contributed by atoms with Gasteiger partial charge in [0.2, 0.25) is 0 Å². The quantitative estimate of drug-likeness (QED) is 0.871. The summed E-state index contributed by atoms with van der Waals surface area (Å²) >= 11 is 3.52. The first-order valence-electron chi connectivity index (χ1n) is 7.90. The monoisotopic (exact) mass is 337 g/mol. The zero-order valence-corrected chi connectivity index (χ0v) is 13.8. The molecule has 2 unspecified atom stereocenters. The van der Waals surface area contributed by atoms with Gasteiger partial charge in [-0.25, -0.2) is 0 Å². The summed E-state index contributed by atoms with van der Waals surface area (Å²) in [4.78, 5) is 0. The van der Waals surface area contributed by atoms with Crippen LogP contribution in [0.1, 0.15) is 45.4 Å². The summed E-state index contributed by atoms with van der Waals surface area (Å²) in [7, 11) is 0. The number of benzene rings is 1. The molecule has 0 aromatic heterocycles. The Morgan fingerprint density at radius 3 is 2.80 bits per heavy atom. The molecule has 2 saturated carbocycles. The lowest BCUT2D eigenvalue weighted by Crippen LogP contribution is -2.65. The highest BCUT2D eigenvalue weighted by molar-refractivity contribution is 9.10. The van der Waals surface area contributed by atoms with Crippen LogP contribution in [0.25, 0.3) is 0 Å². The van der Waals surface area contributed by atoms with Crippen molar-refractivity contribution in [2.24, 2.45) is 5.41 Å². The maximum Gasteiger partial charge on any atom is 0.120 e. The number of hydrogen-bond acceptors (Lipinski definition) is 2. The molecule has 1 N–H and O–H groups in total. The van der Waals surface area contributed by atoms with Gasteiger partial charge in [-0.2, -0.15) is 0 Å².